The molecule has 9 nitrogen and oxygen atoms in total. The van der Waals surface area contributed by atoms with Gasteiger partial charge in [0, 0.05) is 24.0 Å². The summed E-state index contributed by atoms with van der Waals surface area (Å²) in [6, 6.07) is -0.570. The van der Waals surface area contributed by atoms with Crippen LogP contribution in [0.2, 0.25) is 0 Å². The lowest BCUT2D eigenvalue weighted by atomic mass is 9.41. The summed E-state index contributed by atoms with van der Waals surface area (Å²) in [5.41, 5.74) is -1.78. The number of nitrogens with zero attached hydrogens (tertiary/aromatic N) is 1. The number of fused-ring (bicyclic) bond motifs is 4. The zero-order valence-electron chi connectivity index (χ0n) is 32.8. The van der Waals surface area contributed by atoms with E-state index in [4.69, 9.17) is 18.9 Å². The first-order valence-corrected chi connectivity index (χ1v) is 20.0. The molecular formula is C41H67NO8. The van der Waals surface area contributed by atoms with Crippen LogP contribution in [0, 0.1) is 50.7 Å². The highest BCUT2D eigenvalue weighted by molar-refractivity contribution is 5.83. The molecule has 2 unspecified atom stereocenters. The van der Waals surface area contributed by atoms with Crippen molar-refractivity contribution in [2.75, 3.05) is 13.2 Å². The average Bonchev–Trinajstić information content (AvgIpc) is 3.60. The third-order valence-corrected chi connectivity index (χ3v) is 16.3. The second kappa shape index (κ2) is 11.5. The van der Waals surface area contributed by atoms with Crippen molar-refractivity contribution in [1.29, 1.82) is 0 Å². The van der Waals surface area contributed by atoms with Gasteiger partial charge in [-0.3, -0.25) is 4.90 Å². The van der Waals surface area contributed by atoms with Crippen LogP contribution in [0.25, 0.3) is 0 Å². The van der Waals surface area contributed by atoms with Gasteiger partial charge in [-0.2, -0.15) is 0 Å². The van der Waals surface area contributed by atoms with Crippen LogP contribution in [0.4, 0.5) is 4.79 Å². The van der Waals surface area contributed by atoms with E-state index in [1.807, 2.05) is 27.7 Å². The maximum Gasteiger partial charge on any atom is 0.411 e. The van der Waals surface area contributed by atoms with Crippen LogP contribution >= 0.6 is 0 Å². The fourth-order valence-electron chi connectivity index (χ4n) is 14.1. The molecule has 2 heterocycles. The van der Waals surface area contributed by atoms with Gasteiger partial charge in [0.15, 0.2) is 0 Å². The van der Waals surface area contributed by atoms with Crippen LogP contribution in [-0.2, 0) is 23.7 Å². The van der Waals surface area contributed by atoms with E-state index in [9.17, 15) is 19.8 Å². The van der Waals surface area contributed by atoms with E-state index in [0.717, 1.165) is 38.5 Å². The fourth-order valence-corrected chi connectivity index (χ4v) is 14.1. The summed E-state index contributed by atoms with van der Waals surface area (Å²) < 4.78 is 25.0. The van der Waals surface area contributed by atoms with E-state index in [1.54, 1.807) is 13.8 Å². The molecule has 5 aliphatic carbocycles. The van der Waals surface area contributed by atoms with E-state index in [-0.39, 0.29) is 57.3 Å². The SMILES string of the molecule is CCO[C@@H]([C@H]1C[C@@H](C)[C@H]2[C@H](O1)[C@H](O)[C@@]1(C)[C@@H]3CC[C@H]4C(C)(C)[C@@H](OC(=O)C5CCN5C(=O)OC(C)(C)C)CCC45C[C@@]35CC[C@]21C)C(C)(C)O. The first-order valence-electron chi connectivity index (χ1n) is 20.0. The quantitative estimate of drug-likeness (QED) is 0.288. The minimum atomic E-state index is -1.05. The zero-order valence-corrected chi connectivity index (χ0v) is 32.8. The minimum absolute atomic E-state index is 0.0467. The molecule has 5 saturated carbocycles. The van der Waals surface area contributed by atoms with E-state index in [2.05, 4.69) is 34.6 Å². The number of rotatable bonds is 6. The Labute approximate surface area is 300 Å². The van der Waals surface area contributed by atoms with Gasteiger partial charge >= 0.3 is 12.1 Å². The Balaban J connectivity index is 1.09. The molecule has 7 aliphatic rings. The second-order valence-electron chi connectivity index (χ2n) is 20.5. The van der Waals surface area contributed by atoms with Gasteiger partial charge in [-0.25, -0.2) is 9.59 Å². The number of carbonyl (C=O) groups is 2. The smallest absolute Gasteiger partial charge is 0.411 e. The van der Waals surface area contributed by atoms with E-state index in [0.29, 0.717) is 37.3 Å². The van der Waals surface area contributed by atoms with Crippen molar-refractivity contribution in [3.05, 3.63) is 0 Å². The molecule has 50 heavy (non-hydrogen) atoms. The summed E-state index contributed by atoms with van der Waals surface area (Å²) in [5.74, 6) is 1.15. The Morgan fingerprint density at radius 3 is 2.22 bits per heavy atom. The Morgan fingerprint density at radius 2 is 1.62 bits per heavy atom. The van der Waals surface area contributed by atoms with Crippen LogP contribution < -0.4 is 0 Å². The predicted molar refractivity (Wildman–Crippen MR) is 189 cm³/mol. The van der Waals surface area contributed by atoms with Crippen LogP contribution in [0.3, 0.4) is 0 Å². The van der Waals surface area contributed by atoms with Gasteiger partial charge < -0.3 is 29.2 Å². The highest BCUT2D eigenvalue weighted by Crippen LogP contribution is 2.89. The second-order valence-corrected chi connectivity index (χ2v) is 20.5. The van der Waals surface area contributed by atoms with Gasteiger partial charge in [-0.05, 0) is 139 Å². The summed E-state index contributed by atoms with van der Waals surface area (Å²) >= 11 is 0. The number of hydrogen-bond acceptors (Lipinski definition) is 8. The van der Waals surface area contributed by atoms with Gasteiger partial charge in [0.1, 0.15) is 23.9 Å². The molecule has 7 fully saturated rings. The van der Waals surface area contributed by atoms with E-state index in [1.165, 1.54) is 17.7 Å². The average molecular weight is 702 g/mol. The van der Waals surface area contributed by atoms with Gasteiger partial charge in [0.05, 0.1) is 23.9 Å². The number of amides is 1. The number of carbonyl (C=O) groups excluding carboxylic acids is 2. The number of ether oxygens (including phenoxy) is 4. The Kier molecular flexibility index (Phi) is 8.52. The van der Waals surface area contributed by atoms with Crippen molar-refractivity contribution < 1.29 is 38.7 Å². The molecule has 9 heteroatoms. The van der Waals surface area contributed by atoms with Gasteiger partial charge in [-0.15, -0.1) is 0 Å². The van der Waals surface area contributed by atoms with Crippen molar-refractivity contribution >= 4 is 12.1 Å². The van der Waals surface area contributed by atoms with Crippen molar-refractivity contribution in [2.24, 2.45) is 50.7 Å². The van der Waals surface area contributed by atoms with Crippen molar-refractivity contribution in [3.63, 3.8) is 0 Å². The number of hydrogen-bond donors (Lipinski definition) is 2. The highest BCUT2D eigenvalue weighted by Gasteiger charge is 2.85. The fraction of sp³-hybridized carbons (Fsp3) is 0.951. The number of esters is 1. The monoisotopic (exact) mass is 701 g/mol. The van der Waals surface area contributed by atoms with Gasteiger partial charge in [0.25, 0.3) is 0 Å². The summed E-state index contributed by atoms with van der Waals surface area (Å²) in [6.07, 6.45) is 6.72. The lowest BCUT2D eigenvalue weighted by molar-refractivity contribution is -0.215. The third-order valence-electron chi connectivity index (χ3n) is 16.3. The molecule has 7 rings (SSSR count). The van der Waals surface area contributed by atoms with Crippen LogP contribution in [0.5, 0.6) is 0 Å². The van der Waals surface area contributed by atoms with Crippen LogP contribution in [0.15, 0.2) is 0 Å². The molecule has 2 aliphatic heterocycles. The Hall–Kier alpha value is -1.42. The predicted octanol–water partition coefficient (Wildman–Crippen LogP) is 6.90. The van der Waals surface area contributed by atoms with Crippen LogP contribution in [0.1, 0.15) is 134 Å². The first kappa shape index (κ1) is 36.9. The molecular weight excluding hydrogens is 634 g/mol. The first-order chi connectivity index (χ1) is 23.1. The zero-order chi connectivity index (χ0) is 36.6. The molecule has 2 saturated heterocycles. The summed E-state index contributed by atoms with van der Waals surface area (Å²) in [7, 11) is 0. The molecule has 2 N–H and O–H groups in total. The standard InChI is InChI=1S/C41H67NO8/c1-12-47-32(37(8,9)46)25-21-23(2)29-30(48-25)31(43)39(11)27-14-13-26-36(6,7)28(15-17-40(26)22-41(27,40)19-18-38(29,39)10)49-33(44)24-16-20-42(24)34(45)50-35(3,4)5/h23-32,43,46H,12-22H2,1-11H3/t23-,24?,25-,26+,27+,28+,29+,30+,31+,32+,38-,39-,40?,41+/m1/s1. The summed E-state index contributed by atoms with van der Waals surface area (Å²) in [4.78, 5) is 27.8. The topological polar surface area (TPSA) is 115 Å². The molecule has 284 valence electrons. The molecule has 0 aromatic rings. The Morgan fingerprint density at radius 1 is 0.960 bits per heavy atom. The molecule has 0 bridgehead atoms. The Bertz CT molecular complexity index is 1370. The molecule has 2 spiro atoms. The molecule has 0 radical (unpaired) electrons. The third kappa shape index (κ3) is 4.97. The molecule has 1 amide bonds. The molecule has 14 atom stereocenters. The van der Waals surface area contributed by atoms with E-state index < -0.39 is 35.5 Å². The molecule has 0 aromatic carbocycles. The van der Waals surface area contributed by atoms with Crippen molar-refractivity contribution in [1.82, 2.24) is 4.90 Å². The van der Waals surface area contributed by atoms with Crippen molar-refractivity contribution in [2.45, 2.75) is 182 Å². The summed E-state index contributed by atoms with van der Waals surface area (Å²) in [6.45, 7) is 23.9. The lowest BCUT2D eigenvalue weighted by Gasteiger charge is -2.63. The maximum absolute atomic E-state index is 13.6. The van der Waals surface area contributed by atoms with Crippen LogP contribution in [-0.4, -0.2) is 88.1 Å². The normalized spacial score (nSPS) is 48.1. The summed E-state index contributed by atoms with van der Waals surface area (Å²) in [5, 5.41) is 23.7. The lowest BCUT2D eigenvalue weighted by Crippen LogP contribution is -2.61. The van der Waals surface area contributed by atoms with E-state index >= 15 is 0 Å². The largest absolute Gasteiger partial charge is 0.460 e. The number of aliphatic hydroxyl groups excluding tert-OH is 1. The number of aliphatic hydroxyl groups is 2. The number of likely N-dealkylation sites (tertiary alicyclic amines) is 1. The van der Waals surface area contributed by atoms with Crippen molar-refractivity contribution in [3.8, 4) is 0 Å². The minimum Gasteiger partial charge on any atom is -0.460 e. The maximum atomic E-state index is 13.6. The van der Waals surface area contributed by atoms with Gasteiger partial charge in [0.2, 0.25) is 0 Å². The molecule has 0 aromatic heterocycles. The van der Waals surface area contributed by atoms with Gasteiger partial charge in [-0.1, -0.05) is 34.6 Å². The highest BCUT2D eigenvalue weighted by atomic mass is 16.6.